The van der Waals surface area contributed by atoms with Gasteiger partial charge >= 0.3 is 0 Å². The molecule has 10 heavy (non-hydrogen) atoms. The molecule has 0 aromatic rings. The summed E-state index contributed by atoms with van der Waals surface area (Å²) in [6.07, 6.45) is 5.26. The number of rotatable bonds is 1. The zero-order valence-corrected chi connectivity index (χ0v) is 6.67. The first-order valence-electron chi connectivity index (χ1n) is 3.77. The minimum absolute atomic E-state index is 0.272. The fourth-order valence-corrected chi connectivity index (χ4v) is 1.37. The number of likely N-dealkylation sites (N-methyl/N-ethyl adjacent to an activating group) is 1. The largest absolute Gasteiger partial charge is 0.511 e. The summed E-state index contributed by atoms with van der Waals surface area (Å²) in [5.41, 5.74) is 0. The summed E-state index contributed by atoms with van der Waals surface area (Å²) in [4.78, 5) is 2.06. The summed E-state index contributed by atoms with van der Waals surface area (Å²) in [5, 5.41) is 9.36. The number of hydrogen-bond acceptors (Lipinski definition) is 2. The van der Waals surface area contributed by atoms with Crippen molar-refractivity contribution in [1.29, 1.82) is 0 Å². The molecule has 0 spiro atoms. The Morgan fingerprint density at radius 2 is 2.30 bits per heavy atom. The van der Waals surface area contributed by atoms with Crippen molar-refractivity contribution in [3.05, 3.63) is 11.8 Å². The van der Waals surface area contributed by atoms with Gasteiger partial charge in [-0.25, -0.2) is 0 Å². The van der Waals surface area contributed by atoms with Gasteiger partial charge < -0.3 is 5.11 Å². The third kappa shape index (κ3) is 1.51. The lowest BCUT2D eigenvalue weighted by Gasteiger charge is -2.26. The van der Waals surface area contributed by atoms with Crippen LogP contribution >= 0.6 is 0 Å². The predicted molar refractivity (Wildman–Crippen MR) is 42.0 cm³/mol. The molecular weight excluding hydrogens is 126 g/mol. The summed E-state index contributed by atoms with van der Waals surface area (Å²) in [5.74, 6) is 0.552. The van der Waals surface area contributed by atoms with Crippen LogP contribution in [0.5, 0.6) is 0 Å². The highest BCUT2D eigenvalue weighted by Gasteiger charge is 2.17. The van der Waals surface area contributed by atoms with Crippen molar-refractivity contribution in [1.82, 2.24) is 4.90 Å². The molecule has 1 aliphatic carbocycles. The molecule has 0 aromatic carbocycles. The summed E-state index contributed by atoms with van der Waals surface area (Å²) in [7, 11) is 4.00. The zero-order chi connectivity index (χ0) is 7.56. The molecule has 0 radical (unpaired) electrons. The molecule has 58 valence electrons. The molecule has 2 heteroatoms. The molecule has 0 aliphatic heterocycles. The molecule has 0 amide bonds. The van der Waals surface area contributed by atoms with E-state index in [4.69, 9.17) is 0 Å². The third-order valence-electron chi connectivity index (χ3n) is 2.00. The van der Waals surface area contributed by atoms with Crippen LogP contribution < -0.4 is 0 Å². The Morgan fingerprint density at radius 1 is 1.60 bits per heavy atom. The Bertz CT molecular complexity index is 140. The fraction of sp³-hybridized carbons (Fsp3) is 0.750. The monoisotopic (exact) mass is 141 g/mol. The molecule has 0 fully saturated rings. The topological polar surface area (TPSA) is 23.5 Å². The Labute approximate surface area is 62.2 Å². The van der Waals surface area contributed by atoms with Crippen molar-refractivity contribution in [2.75, 3.05) is 14.1 Å². The van der Waals surface area contributed by atoms with Crippen molar-refractivity contribution in [2.45, 2.75) is 25.3 Å². The lowest BCUT2D eigenvalue weighted by Crippen LogP contribution is -2.31. The average Bonchev–Trinajstić information content (AvgIpc) is 1.88. The lowest BCUT2D eigenvalue weighted by molar-refractivity contribution is 0.218. The lowest BCUT2D eigenvalue weighted by atomic mass is 10.0. The Balaban J connectivity index is 2.58. The summed E-state index contributed by atoms with van der Waals surface area (Å²) in [6, 6.07) is 0.272. The molecule has 0 bridgehead atoms. The average molecular weight is 141 g/mol. The number of hydrogen-bond donors (Lipinski definition) is 1. The van der Waals surface area contributed by atoms with E-state index in [0.29, 0.717) is 5.76 Å². The van der Waals surface area contributed by atoms with Crippen LogP contribution in [-0.4, -0.2) is 30.1 Å². The van der Waals surface area contributed by atoms with Gasteiger partial charge in [0.15, 0.2) is 0 Å². The van der Waals surface area contributed by atoms with Crippen LogP contribution in [0.3, 0.4) is 0 Å². The smallest absolute Gasteiger partial charge is 0.105 e. The minimum atomic E-state index is 0.272. The summed E-state index contributed by atoms with van der Waals surface area (Å²) in [6.45, 7) is 0. The summed E-state index contributed by atoms with van der Waals surface area (Å²) >= 11 is 0. The maximum atomic E-state index is 9.36. The van der Waals surface area contributed by atoms with E-state index in [1.807, 2.05) is 20.2 Å². The van der Waals surface area contributed by atoms with Gasteiger partial charge in [-0.2, -0.15) is 0 Å². The van der Waals surface area contributed by atoms with E-state index in [1.165, 1.54) is 6.42 Å². The second kappa shape index (κ2) is 3.06. The van der Waals surface area contributed by atoms with Gasteiger partial charge in [0.25, 0.3) is 0 Å². The number of aliphatic hydroxyl groups excluding tert-OH is 1. The van der Waals surface area contributed by atoms with Gasteiger partial charge in [-0.15, -0.1) is 0 Å². The van der Waals surface area contributed by atoms with Crippen LogP contribution in [0.2, 0.25) is 0 Å². The molecular formula is C8H15NO. The molecule has 1 unspecified atom stereocenters. The van der Waals surface area contributed by atoms with Crippen LogP contribution in [-0.2, 0) is 0 Å². The van der Waals surface area contributed by atoms with Gasteiger partial charge in [-0.3, -0.25) is 4.90 Å². The molecule has 2 nitrogen and oxygen atoms in total. The first-order chi connectivity index (χ1) is 4.72. The first kappa shape index (κ1) is 7.61. The van der Waals surface area contributed by atoms with Gasteiger partial charge in [0, 0.05) is 0 Å². The standard InChI is InChI=1S/C8H15NO/c1-9(2)7-5-3-4-6-8(7)10/h6-7,10H,3-5H2,1-2H3. The van der Waals surface area contributed by atoms with E-state index >= 15 is 0 Å². The van der Waals surface area contributed by atoms with Crippen LogP contribution in [0, 0.1) is 0 Å². The Kier molecular flexibility index (Phi) is 2.33. The third-order valence-corrected chi connectivity index (χ3v) is 2.00. The van der Waals surface area contributed by atoms with Gasteiger partial charge in [-0.1, -0.05) is 0 Å². The second-order valence-electron chi connectivity index (χ2n) is 3.04. The van der Waals surface area contributed by atoms with Gasteiger partial charge in [0.1, 0.15) is 5.76 Å². The van der Waals surface area contributed by atoms with Crippen molar-refractivity contribution < 1.29 is 5.11 Å². The highest BCUT2D eigenvalue weighted by molar-refractivity contribution is 5.04. The van der Waals surface area contributed by atoms with E-state index in [0.717, 1.165) is 12.8 Å². The maximum Gasteiger partial charge on any atom is 0.105 e. The van der Waals surface area contributed by atoms with Gasteiger partial charge in [0.05, 0.1) is 6.04 Å². The van der Waals surface area contributed by atoms with Crippen molar-refractivity contribution in [3.8, 4) is 0 Å². The number of allylic oxidation sites excluding steroid dienone is 1. The van der Waals surface area contributed by atoms with E-state index in [2.05, 4.69) is 4.90 Å². The van der Waals surface area contributed by atoms with Crippen molar-refractivity contribution >= 4 is 0 Å². The Hall–Kier alpha value is -0.500. The van der Waals surface area contributed by atoms with Crippen LogP contribution in [0.1, 0.15) is 19.3 Å². The first-order valence-corrected chi connectivity index (χ1v) is 3.77. The van der Waals surface area contributed by atoms with Crippen LogP contribution in [0.4, 0.5) is 0 Å². The number of nitrogens with zero attached hydrogens (tertiary/aromatic N) is 1. The molecule has 1 rings (SSSR count). The van der Waals surface area contributed by atoms with Crippen LogP contribution in [0.15, 0.2) is 11.8 Å². The summed E-state index contributed by atoms with van der Waals surface area (Å²) < 4.78 is 0. The highest BCUT2D eigenvalue weighted by atomic mass is 16.3. The molecule has 0 saturated carbocycles. The molecule has 1 aliphatic rings. The highest BCUT2D eigenvalue weighted by Crippen LogP contribution is 2.19. The minimum Gasteiger partial charge on any atom is -0.511 e. The maximum absolute atomic E-state index is 9.36. The molecule has 1 atom stereocenters. The van der Waals surface area contributed by atoms with E-state index in [-0.39, 0.29) is 6.04 Å². The second-order valence-corrected chi connectivity index (χ2v) is 3.04. The fourth-order valence-electron chi connectivity index (χ4n) is 1.37. The van der Waals surface area contributed by atoms with Gasteiger partial charge in [-0.05, 0) is 39.4 Å². The predicted octanol–water partition coefficient (Wildman–Crippen LogP) is 1.54. The molecule has 1 N–H and O–H groups in total. The van der Waals surface area contributed by atoms with E-state index in [9.17, 15) is 5.11 Å². The van der Waals surface area contributed by atoms with Crippen LogP contribution in [0.25, 0.3) is 0 Å². The molecule has 0 saturated heterocycles. The van der Waals surface area contributed by atoms with Crippen molar-refractivity contribution in [2.24, 2.45) is 0 Å². The normalized spacial score (nSPS) is 26.7. The number of aliphatic hydroxyl groups is 1. The SMILES string of the molecule is CN(C)C1CCCC=C1O. The molecule has 0 heterocycles. The quantitative estimate of drug-likeness (QED) is 0.598. The van der Waals surface area contributed by atoms with Gasteiger partial charge in [0.2, 0.25) is 0 Å². The van der Waals surface area contributed by atoms with Crippen molar-refractivity contribution in [3.63, 3.8) is 0 Å². The Morgan fingerprint density at radius 3 is 2.70 bits per heavy atom. The van der Waals surface area contributed by atoms with E-state index in [1.54, 1.807) is 0 Å². The van der Waals surface area contributed by atoms with E-state index < -0.39 is 0 Å². The molecule has 0 aromatic heterocycles. The zero-order valence-electron chi connectivity index (χ0n) is 6.67.